The van der Waals surface area contributed by atoms with Crippen molar-refractivity contribution in [2.24, 2.45) is 0 Å². The van der Waals surface area contributed by atoms with E-state index in [1.54, 1.807) is 0 Å². The molecular formula is C17H21N5O2. The summed E-state index contributed by atoms with van der Waals surface area (Å²) in [4.78, 5) is 12.7. The van der Waals surface area contributed by atoms with E-state index >= 15 is 0 Å². The molecule has 2 N–H and O–H groups in total. The molecule has 126 valence electrons. The molecule has 0 radical (unpaired) electrons. The Morgan fingerprint density at radius 1 is 1.38 bits per heavy atom. The van der Waals surface area contributed by atoms with Gasteiger partial charge in [0, 0.05) is 18.2 Å². The highest BCUT2D eigenvalue weighted by atomic mass is 16.5. The van der Waals surface area contributed by atoms with Gasteiger partial charge in [0.15, 0.2) is 5.82 Å². The second kappa shape index (κ2) is 6.24. The van der Waals surface area contributed by atoms with Gasteiger partial charge in [-0.25, -0.2) is 0 Å². The second-order valence-electron chi connectivity index (χ2n) is 6.26. The number of hydrogen-bond donors (Lipinski definition) is 2. The van der Waals surface area contributed by atoms with Crippen LogP contribution in [0.3, 0.4) is 0 Å². The summed E-state index contributed by atoms with van der Waals surface area (Å²) in [6.45, 7) is 3.52. The van der Waals surface area contributed by atoms with Crippen LogP contribution in [0.5, 0.6) is 5.75 Å². The molecule has 0 saturated heterocycles. The molecule has 1 saturated carbocycles. The van der Waals surface area contributed by atoms with Crippen LogP contribution in [-0.2, 0) is 11.3 Å². The van der Waals surface area contributed by atoms with Crippen molar-refractivity contribution in [3.63, 3.8) is 0 Å². The molecule has 1 unspecified atom stereocenters. The summed E-state index contributed by atoms with van der Waals surface area (Å²) in [6, 6.07) is 7.74. The van der Waals surface area contributed by atoms with Crippen LogP contribution >= 0.6 is 0 Å². The molecule has 1 aliphatic carbocycles. The molecule has 1 aromatic carbocycles. The zero-order valence-corrected chi connectivity index (χ0v) is 13.7. The van der Waals surface area contributed by atoms with Gasteiger partial charge in [0.2, 0.25) is 5.91 Å². The summed E-state index contributed by atoms with van der Waals surface area (Å²) in [7, 11) is 0. The van der Waals surface area contributed by atoms with Crippen LogP contribution in [0.2, 0.25) is 0 Å². The van der Waals surface area contributed by atoms with Gasteiger partial charge >= 0.3 is 0 Å². The van der Waals surface area contributed by atoms with E-state index in [2.05, 4.69) is 25.4 Å². The maximum atomic E-state index is 12.7. The van der Waals surface area contributed by atoms with Gasteiger partial charge < -0.3 is 14.6 Å². The highest BCUT2D eigenvalue weighted by molar-refractivity contribution is 5.84. The van der Waals surface area contributed by atoms with Crippen molar-refractivity contribution in [3.8, 4) is 5.75 Å². The number of aryl methyl sites for hydroxylation is 1. The molecule has 1 aromatic heterocycles. The van der Waals surface area contributed by atoms with E-state index in [0.717, 1.165) is 35.8 Å². The summed E-state index contributed by atoms with van der Waals surface area (Å²) in [6.07, 6.45) is 2.32. The first-order valence-electron chi connectivity index (χ1n) is 8.37. The lowest BCUT2D eigenvalue weighted by Gasteiger charge is -2.17. The number of aromatic nitrogens is 3. The van der Waals surface area contributed by atoms with E-state index in [0.29, 0.717) is 25.7 Å². The fraction of sp³-hybridized carbons (Fsp3) is 0.471. The largest absolute Gasteiger partial charge is 0.492 e. The normalized spacial score (nSPS) is 20.0. The maximum Gasteiger partial charge on any atom is 0.242 e. The number of hydrogen-bond acceptors (Lipinski definition) is 5. The molecule has 1 atom stereocenters. The Balaban J connectivity index is 1.49. The highest BCUT2D eigenvalue weighted by Gasteiger charge is 2.29. The van der Waals surface area contributed by atoms with Gasteiger partial charge in [0.25, 0.3) is 0 Å². The Labute approximate surface area is 140 Å². The number of para-hydroxylation sites is 1. The zero-order chi connectivity index (χ0) is 16.5. The third-order valence-electron chi connectivity index (χ3n) is 4.47. The predicted molar refractivity (Wildman–Crippen MR) is 87.6 cm³/mol. The van der Waals surface area contributed by atoms with Crippen LogP contribution in [0.25, 0.3) is 0 Å². The summed E-state index contributed by atoms with van der Waals surface area (Å²) in [5, 5.41) is 14.6. The van der Waals surface area contributed by atoms with Crippen molar-refractivity contribution in [2.75, 3.05) is 13.2 Å². The number of carbonyl (C=O) groups is 1. The molecule has 2 aliphatic rings. The highest BCUT2D eigenvalue weighted by Crippen LogP contribution is 2.36. The predicted octanol–water partition coefficient (Wildman–Crippen LogP) is 1.26. The molecule has 24 heavy (non-hydrogen) atoms. The summed E-state index contributed by atoms with van der Waals surface area (Å²) >= 11 is 0. The number of benzene rings is 1. The number of carbonyl (C=O) groups excluding carboxylic acids is 1. The lowest BCUT2D eigenvalue weighted by molar-refractivity contribution is -0.123. The number of fused-ring (bicyclic) bond motifs is 1. The quantitative estimate of drug-likeness (QED) is 0.884. The standard InChI is InChI=1S/C17H21N5O2/c1-11-20-21-15(22(11)12-6-7-12)10-19-17(23)16-13-4-2-3-5-14(13)24-9-8-18-16/h2-5,12,16,18H,6-10H2,1H3,(H,19,23). The third-order valence-corrected chi connectivity index (χ3v) is 4.47. The lowest BCUT2D eigenvalue weighted by atomic mass is 10.1. The van der Waals surface area contributed by atoms with Crippen molar-refractivity contribution in [3.05, 3.63) is 41.5 Å². The van der Waals surface area contributed by atoms with Crippen LogP contribution in [0.1, 0.15) is 42.1 Å². The molecule has 1 fully saturated rings. The summed E-state index contributed by atoms with van der Waals surface area (Å²) in [5.74, 6) is 2.42. The van der Waals surface area contributed by atoms with Crippen molar-refractivity contribution in [2.45, 2.75) is 38.4 Å². The van der Waals surface area contributed by atoms with Gasteiger partial charge in [0.05, 0.1) is 6.54 Å². The molecule has 2 aromatic rings. The van der Waals surface area contributed by atoms with E-state index < -0.39 is 6.04 Å². The van der Waals surface area contributed by atoms with Crippen molar-refractivity contribution < 1.29 is 9.53 Å². The lowest BCUT2D eigenvalue weighted by Crippen LogP contribution is -2.38. The number of nitrogens with one attached hydrogen (secondary N) is 2. The monoisotopic (exact) mass is 327 g/mol. The van der Waals surface area contributed by atoms with Gasteiger partial charge in [0.1, 0.15) is 24.2 Å². The minimum absolute atomic E-state index is 0.0732. The molecule has 7 heteroatoms. The Kier molecular flexibility index (Phi) is 3.93. The molecule has 1 aliphatic heterocycles. The van der Waals surface area contributed by atoms with Gasteiger partial charge in [-0.2, -0.15) is 0 Å². The SMILES string of the molecule is Cc1nnc(CNC(=O)C2NCCOc3ccccc32)n1C1CC1. The fourth-order valence-electron chi connectivity index (χ4n) is 3.17. The number of ether oxygens (including phenoxy) is 1. The number of nitrogens with zero attached hydrogens (tertiary/aromatic N) is 3. The average molecular weight is 327 g/mol. The van der Waals surface area contributed by atoms with Gasteiger partial charge in [-0.3, -0.25) is 10.1 Å². The Hall–Kier alpha value is -2.41. The fourth-order valence-corrected chi connectivity index (χ4v) is 3.17. The van der Waals surface area contributed by atoms with Crippen molar-refractivity contribution >= 4 is 5.91 Å². The van der Waals surface area contributed by atoms with Crippen molar-refractivity contribution in [1.82, 2.24) is 25.4 Å². The molecule has 1 amide bonds. The van der Waals surface area contributed by atoms with Gasteiger partial charge in [-0.15, -0.1) is 10.2 Å². The minimum Gasteiger partial charge on any atom is -0.492 e. The number of rotatable bonds is 4. The molecular weight excluding hydrogens is 306 g/mol. The topological polar surface area (TPSA) is 81.1 Å². The van der Waals surface area contributed by atoms with E-state index in [-0.39, 0.29) is 5.91 Å². The number of amides is 1. The Morgan fingerprint density at radius 3 is 3.04 bits per heavy atom. The van der Waals surface area contributed by atoms with E-state index in [4.69, 9.17) is 4.74 Å². The molecule has 0 bridgehead atoms. The van der Waals surface area contributed by atoms with Crippen LogP contribution in [0.15, 0.2) is 24.3 Å². The smallest absolute Gasteiger partial charge is 0.242 e. The van der Waals surface area contributed by atoms with Crippen LogP contribution in [-0.4, -0.2) is 33.8 Å². The van der Waals surface area contributed by atoms with E-state index in [1.165, 1.54) is 0 Å². The minimum atomic E-state index is -0.415. The summed E-state index contributed by atoms with van der Waals surface area (Å²) < 4.78 is 7.82. The van der Waals surface area contributed by atoms with Crippen LogP contribution in [0.4, 0.5) is 0 Å². The first-order chi connectivity index (χ1) is 11.7. The molecule has 4 rings (SSSR count). The zero-order valence-electron chi connectivity index (χ0n) is 13.7. The summed E-state index contributed by atoms with van der Waals surface area (Å²) in [5.41, 5.74) is 0.868. The van der Waals surface area contributed by atoms with Crippen LogP contribution < -0.4 is 15.4 Å². The second-order valence-corrected chi connectivity index (χ2v) is 6.26. The molecule has 7 nitrogen and oxygen atoms in total. The van der Waals surface area contributed by atoms with Crippen molar-refractivity contribution in [1.29, 1.82) is 0 Å². The van der Waals surface area contributed by atoms with E-state index in [1.807, 2.05) is 31.2 Å². The maximum absolute atomic E-state index is 12.7. The van der Waals surface area contributed by atoms with E-state index in [9.17, 15) is 4.79 Å². The molecule has 2 heterocycles. The van der Waals surface area contributed by atoms with Gasteiger partial charge in [-0.05, 0) is 25.8 Å². The average Bonchev–Trinajstić information content (AvgIpc) is 3.39. The Morgan fingerprint density at radius 2 is 2.21 bits per heavy atom. The Bertz CT molecular complexity index is 753. The molecule has 0 spiro atoms. The first-order valence-corrected chi connectivity index (χ1v) is 8.37. The van der Waals surface area contributed by atoms with Gasteiger partial charge in [-0.1, -0.05) is 18.2 Å². The van der Waals surface area contributed by atoms with Crippen LogP contribution in [0, 0.1) is 6.92 Å². The first kappa shape index (κ1) is 15.1. The third kappa shape index (κ3) is 2.87.